The van der Waals surface area contributed by atoms with Crippen LogP contribution in [0, 0.1) is 6.92 Å². The fourth-order valence-electron chi connectivity index (χ4n) is 0.274. The van der Waals surface area contributed by atoms with E-state index in [1.54, 1.807) is 0 Å². The molecule has 0 saturated heterocycles. The lowest BCUT2D eigenvalue weighted by atomic mass is 10.9. The molecule has 0 N–H and O–H groups in total. The van der Waals surface area contributed by atoms with Crippen molar-refractivity contribution in [1.29, 1.82) is 0 Å². The normalized spacial score (nSPS) is 9.43. The number of hydrogen-bond donors (Lipinski definition) is 0. The number of rotatable bonds is 0. The first kappa shape index (κ1) is 5.18. The van der Waals surface area contributed by atoms with E-state index in [9.17, 15) is 0 Å². The molecule has 0 aliphatic rings. The summed E-state index contributed by atoms with van der Waals surface area (Å²) >= 11 is 4.52. The Morgan fingerprint density at radius 2 is 2.43 bits per heavy atom. The maximum Gasteiger partial charge on any atom is 0.209 e. The van der Waals surface area contributed by atoms with Gasteiger partial charge in [0, 0.05) is 0 Å². The molecule has 0 atom stereocenters. The molecule has 1 aromatic heterocycles. The highest BCUT2D eigenvalue weighted by atomic mass is 79.9. The minimum absolute atomic E-state index is 0.690. The van der Waals surface area contributed by atoms with Crippen molar-refractivity contribution in [2.45, 2.75) is 6.92 Å². The Bertz CT molecular complexity index is 145. The van der Waals surface area contributed by atoms with Gasteiger partial charge >= 0.3 is 0 Å². The van der Waals surface area contributed by atoms with Gasteiger partial charge in [-0.2, -0.15) is 4.37 Å². The minimum Gasteiger partial charge on any atom is -0.214 e. The second-order valence-electron chi connectivity index (χ2n) is 1.08. The molecule has 0 aliphatic carbocycles. The first-order valence-electron chi connectivity index (χ1n) is 1.75. The average Bonchev–Trinajstić information content (AvgIpc) is 1.87. The van der Waals surface area contributed by atoms with Crippen LogP contribution in [0.2, 0.25) is 0 Å². The van der Waals surface area contributed by atoms with Crippen molar-refractivity contribution in [3.63, 3.8) is 0 Å². The second-order valence-corrected chi connectivity index (χ2v) is 2.75. The molecule has 0 unspecified atom stereocenters. The Hall–Kier alpha value is 0.0400. The molecule has 0 saturated carbocycles. The van der Waals surface area contributed by atoms with E-state index in [1.807, 2.05) is 6.92 Å². The Kier molecular flexibility index (Phi) is 1.39. The smallest absolute Gasteiger partial charge is 0.209 e. The quantitative estimate of drug-likeness (QED) is 0.604. The van der Waals surface area contributed by atoms with Gasteiger partial charge in [0.1, 0.15) is 5.01 Å². The lowest BCUT2D eigenvalue weighted by Crippen LogP contribution is -1.63. The van der Waals surface area contributed by atoms with Crippen molar-refractivity contribution in [2.75, 3.05) is 0 Å². The van der Waals surface area contributed by atoms with Crippen molar-refractivity contribution in [2.24, 2.45) is 0 Å². The van der Waals surface area contributed by atoms with E-state index in [0.29, 0.717) is 4.73 Å². The van der Waals surface area contributed by atoms with E-state index in [1.165, 1.54) is 11.5 Å². The molecule has 0 amide bonds. The first-order chi connectivity index (χ1) is 3.29. The van der Waals surface area contributed by atoms with E-state index in [0.717, 1.165) is 5.01 Å². The van der Waals surface area contributed by atoms with E-state index in [4.69, 9.17) is 0 Å². The van der Waals surface area contributed by atoms with Crippen LogP contribution in [0.15, 0.2) is 4.73 Å². The monoisotopic (exact) mass is 178 g/mol. The van der Waals surface area contributed by atoms with Gasteiger partial charge in [0.05, 0.1) is 0 Å². The lowest BCUT2D eigenvalue weighted by Gasteiger charge is -1.65. The summed E-state index contributed by atoms with van der Waals surface area (Å²) in [6.07, 6.45) is 0. The summed E-state index contributed by atoms with van der Waals surface area (Å²) in [6, 6.07) is 0. The summed E-state index contributed by atoms with van der Waals surface area (Å²) in [5.41, 5.74) is 0. The number of hydrogen-bond acceptors (Lipinski definition) is 3. The summed E-state index contributed by atoms with van der Waals surface area (Å²) in [4.78, 5) is 3.94. The molecule has 0 fully saturated rings. The molecule has 1 rings (SSSR count). The molecule has 0 spiro atoms. The summed E-state index contributed by atoms with van der Waals surface area (Å²) in [6.45, 7) is 1.92. The molecular weight excluding hydrogens is 176 g/mol. The molecule has 2 nitrogen and oxygen atoms in total. The van der Waals surface area contributed by atoms with Gasteiger partial charge in [-0.1, -0.05) is 0 Å². The molecule has 0 radical (unpaired) electrons. The van der Waals surface area contributed by atoms with Gasteiger partial charge in [-0.3, -0.25) is 0 Å². The molecular formula is C3H3BrN2S. The largest absolute Gasteiger partial charge is 0.214 e. The third-order valence-electron chi connectivity index (χ3n) is 0.503. The summed E-state index contributed by atoms with van der Waals surface area (Å²) in [5, 5.41) is 0.992. The number of aromatic nitrogens is 2. The Balaban J connectivity index is 3.04. The average molecular weight is 179 g/mol. The fourth-order valence-corrected chi connectivity index (χ4v) is 1.25. The van der Waals surface area contributed by atoms with Crippen LogP contribution >= 0.6 is 27.5 Å². The van der Waals surface area contributed by atoms with E-state index in [2.05, 4.69) is 25.3 Å². The van der Waals surface area contributed by atoms with Crippen molar-refractivity contribution in [3.05, 3.63) is 9.74 Å². The van der Waals surface area contributed by atoms with Crippen LogP contribution in [-0.4, -0.2) is 9.36 Å². The van der Waals surface area contributed by atoms with Gasteiger partial charge in [-0.05, 0) is 34.4 Å². The number of nitrogens with zero attached hydrogens (tertiary/aromatic N) is 2. The highest BCUT2D eigenvalue weighted by Gasteiger charge is 1.90. The van der Waals surface area contributed by atoms with Crippen LogP contribution in [0.4, 0.5) is 0 Å². The maximum absolute atomic E-state index is 3.94. The molecule has 0 aromatic carbocycles. The molecule has 1 aromatic rings. The van der Waals surface area contributed by atoms with E-state index < -0.39 is 0 Å². The minimum atomic E-state index is 0.690. The van der Waals surface area contributed by atoms with Crippen LogP contribution in [0.5, 0.6) is 0 Å². The van der Waals surface area contributed by atoms with Crippen LogP contribution in [0.25, 0.3) is 0 Å². The number of aryl methyl sites for hydroxylation is 1. The topological polar surface area (TPSA) is 25.8 Å². The summed E-state index contributed by atoms with van der Waals surface area (Å²) in [7, 11) is 0. The van der Waals surface area contributed by atoms with Gasteiger partial charge < -0.3 is 0 Å². The zero-order valence-corrected chi connectivity index (χ0v) is 6.08. The van der Waals surface area contributed by atoms with Crippen LogP contribution < -0.4 is 0 Å². The highest BCUT2D eigenvalue weighted by Crippen LogP contribution is 2.06. The van der Waals surface area contributed by atoms with E-state index in [-0.39, 0.29) is 0 Å². The van der Waals surface area contributed by atoms with Gasteiger partial charge in [-0.25, -0.2) is 4.98 Å². The van der Waals surface area contributed by atoms with Crippen LogP contribution in [-0.2, 0) is 0 Å². The molecule has 0 bridgehead atoms. The van der Waals surface area contributed by atoms with Crippen molar-refractivity contribution >= 4 is 27.5 Å². The van der Waals surface area contributed by atoms with Gasteiger partial charge in [0.15, 0.2) is 0 Å². The van der Waals surface area contributed by atoms with Crippen molar-refractivity contribution < 1.29 is 0 Å². The third-order valence-corrected chi connectivity index (χ3v) is 1.71. The van der Waals surface area contributed by atoms with Crippen molar-refractivity contribution in [1.82, 2.24) is 9.36 Å². The summed E-state index contributed by atoms with van der Waals surface area (Å²) in [5.74, 6) is 0. The van der Waals surface area contributed by atoms with Gasteiger partial charge in [-0.15, -0.1) is 0 Å². The molecule has 7 heavy (non-hydrogen) atoms. The predicted molar refractivity (Wildman–Crippen MR) is 32.3 cm³/mol. The van der Waals surface area contributed by atoms with Crippen LogP contribution in [0.3, 0.4) is 0 Å². The van der Waals surface area contributed by atoms with Crippen LogP contribution in [0.1, 0.15) is 5.01 Å². The molecule has 4 heteroatoms. The summed E-state index contributed by atoms with van der Waals surface area (Å²) < 4.78 is 4.55. The standard InChI is InChI=1S/C3H3BrN2S/c1-2-5-3(4)6-7-2/h1H3. The van der Waals surface area contributed by atoms with Gasteiger partial charge in [0.25, 0.3) is 0 Å². The predicted octanol–water partition coefficient (Wildman–Crippen LogP) is 1.61. The molecule has 0 aliphatic heterocycles. The molecule has 38 valence electrons. The Morgan fingerprint density at radius 3 is 2.57 bits per heavy atom. The second kappa shape index (κ2) is 1.88. The Morgan fingerprint density at radius 1 is 1.71 bits per heavy atom. The lowest BCUT2D eigenvalue weighted by molar-refractivity contribution is 1.20. The van der Waals surface area contributed by atoms with E-state index >= 15 is 0 Å². The molecule has 1 heterocycles. The van der Waals surface area contributed by atoms with Crippen molar-refractivity contribution in [3.8, 4) is 0 Å². The number of halogens is 1. The zero-order valence-electron chi connectivity index (χ0n) is 3.68. The Labute approximate surface area is 53.9 Å². The third kappa shape index (κ3) is 1.21. The first-order valence-corrected chi connectivity index (χ1v) is 3.31. The van der Waals surface area contributed by atoms with Gasteiger partial charge in [0.2, 0.25) is 4.73 Å². The SMILES string of the molecule is Cc1nc(Br)ns1. The zero-order chi connectivity index (χ0) is 5.28. The fraction of sp³-hybridized carbons (Fsp3) is 0.333. The highest BCUT2D eigenvalue weighted by molar-refractivity contribution is 9.10. The maximum atomic E-state index is 3.94.